The summed E-state index contributed by atoms with van der Waals surface area (Å²) in [6, 6.07) is 2.34. The third kappa shape index (κ3) is 3.96. The third-order valence-electron chi connectivity index (χ3n) is 4.31. The highest BCUT2D eigenvalue weighted by Gasteiger charge is 2.25. The summed E-state index contributed by atoms with van der Waals surface area (Å²) in [5, 5.41) is 18.9. The molecule has 6 nitrogen and oxygen atoms in total. The Balaban J connectivity index is 1.57. The summed E-state index contributed by atoms with van der Waals surface area (Å²) in [5.74, 6) is 0. The largest absolute Gasteiger partial charge is 0.390 e. The molecule has 120 valence electrons. The zero-order chi connectivity index (χ0) is 15.4. The molecule has 22 heavy (non-hydrogen) atoms. The number of hydrogen-bond donors (Lipinski definition) is 1. The van der Waals surface area contributed by atoms with Gasteiger partial charge in [0.25, 0.3) is 0 Å². The van der Waals surface area contributed by atoms with Gasteiger partial charge in [-0.25, -0.2) is 0 Å². The van der Waals surface area contributed by atoms with Gasteiger partial charge >= 0.3 is 0 Å². The molecular weight excluding hydrogens is 278 g/mol. The lowest BCUT2D eigenvalue weighted by Crippen LogP contribution is -2.46. The van der Waals surface area contributed by atoms with Crippen LogP contribution < -0.4 is 0 Å². The van der Waals surface area contributed by atoms with Crippen molar-refractivity contribution in [1.82, 2.24) is 24.5 Å². The molecule has 1 aliphatic rings. The van der Waals surface area contributed by atoms with Crippen molar-refractivity contribution < 1.29 is 5.11 Å². The van der Waals surface area contributed by atoms with Gasteiger partial charge in [0.1, 0.15) is 0 Å². The molecule has 1 aliphatic heterocycles. The zero-order valence-corrected chi connectivity index (χ0v) is 13.2. The van der Waals surface area contributed by atoms with Gasteiger partial charge in [0.2, 0.25) is 0 Å². The molecule has 3 heterocycles. The van der Waals surface area contributed by atoms with Crippen molar-refractivity contribution in [3.8, 4) is 0 Å². The second-order valence-corrected chi connectivity index (χ2v) is 6.27. The summed E-state index contributed by atoms with van der Waals surface area (Å²) in [6.07, 6.45) is 10.9. The second kappa shape index (κ2) is 7.07. The highest BCUT2D eigenvalue weighted by atomic mass is 16.3. The highest BCUT2D eigenvalue weighted by molar-refractivity contribution is 4.99. The maximum Gasteiger partial charge on any atom is 0.0862 e. The first-order valence-corrected chi connectivity index (χ1v) is 8.09. The van der Waals surface area contributed by atoms with Gasteiger partial charge in [0.15, 0.2) is 0 Å². The maximum absolute atomic E-state index is 10.3. The molecule has 0 amide bonds. The van der Waals surface area contributed by atoms with Crippen LogP contribution in [-0.4, -0.2) is 54.8 Å². The van der Waals surface area contributed by atoms with Crippen molar-refractivity contribution in [2.45, 2.75) is 51.4 Å². The van der Waals surface area contributed by atoms with E-state index in [1.807, 2.05) is 23.1 Å². The Kier molecular flexibility index (Phi) is 4.90. The minimum Gasteiger partial charge on any atom is -0.390 e. The number of β-amino-alcohol motifs (C(OH)–C–C–N with tert-alkyl or cyclic N) is 1. The number of piperidine rings is 1. The predicted molar refractivity (Wildman–Crippen MR) is 84.4 cm³/mol. The summed E-state index contributed by atoms with van der Waals surface area (Å²) in [4.78, 5) is 2.41. The van der Waals surface area contributed by atoms with Crippen molar-refractivity contribution in [2.75, 3.05) is 13.1 Å². The molecule has 6 heteroatoms. The monoisotopic (exact) mass is 303 g/mol. The lowest BCUT2D eigenvalue weighted by Gasteiger charge is -2.36. The van der Waals surface area contributed by atoms with Crippen molar-refractivity contribution in [3.05, 3.63) is 36.4 Å². The van der Waals surface area contributed by atoms with Gasteiger partial charge < -0.3 is 5.11 Å². The minimum absolute atomic E-state index is 0.389. The summed E-state index contributed by atoms with van der Waals surface area (Å²) in [7, 11) is 0. The van der Waals surface area contributed by atoms with Crippen molar-refractivity contribution in [3.63, 3.8) is 0 Å². The Morgan fingerprint density at radius 3 is 2.91 bits per heavy atom. The lowest BCUT2D eigenvalue weighted by atomic mass is 10.0. The summed E-state index contributed by atoms with van der Waals surface area (Å²) in [6.45, 7) is 5.28. The van der Waals surface area contributed by atoms with Gasteiger partial charge in [-0.1, -0.05) is 6.42 Å². The fraction of sp³-hybridized carbons (Fsp3) is 0.625. The van der Waals surface area contributed by atoms with Crippen LogP contribution >= 0.6 is 0 Å². The summed E-state index contributed by atoms with van der Waals surface area (Å²) in [5.41, 5.74) is 1.20. The van der Waals surface area contributed by atoms with Crippen LogP contribution in [0.3, 0.4) is 0 Å². The SMILES string of the molecule is Cc1cnn(C[C@H]2CCCCN2C[C@H](O)Cn2cccn2)c1. The number of aryl methyl sites for hydroxylation is 1. The molecule has 2 aromatic rings. The van der Waals surface area contributed by atoms with Crippen LogP contribution in [0.1, 0.15) is 24.8 Å². The number of likely N-dealkylation sites (tertiary alicyclic amines) is 1. The van der Waals surface area contributed by atoms with Crippen molar-refractivity contribution >= 4 is 0 Å². The quantitative estimate of drug-likeness (QED) is 0.874. The molecule has 0 saturated carbocycles. The van der Waals surface area contributed by atoms with Crippen LogP contribution in [0.25, 0.3) is 0 Å². The normalized spacial score (nSPS) is 21.1. The summed E-state index contributed by atoms with van der Waals surface area (Å²) < 4.78 is 3.82. The molecule has 0 bridgehead atoms. The number of rotatable bonds is 6. The van der Waals surface area contributed by atoms with Gasteiger partial charge in [-0.15, -0.1) is 0 Å². The Labute approximate surface area is 131 Å². The van der Waals surface area contributed by atoms with Crippen LogP contribution in [0.5, 0.6) is 0 Å². The molecule has 1 N–H and O–H groups in total. The maximum atomic E-state index is 10.3. The second-order valence-electron chi connectivity index (χ2n) is 6.27. The van der Waals surface area contributed by atoms with E-state index in [0.717, 1.165) is 13.1 Å². The average molecular weight is 303 g/mol. The Hall–Kier alpha value is -1.66. The Morgan fingerprint density at radius 1 is 1.27 bits per heavy atom. The first-order chi connectivity index (χ1) is 10.7. The number of nitrogens with zero attached hydrogens (tertiary/aromatic N) is 5. The van der Waals surface area contributed by atoms with E-state index in [2.05, 4.69) is 28.2 Å². The van der Waals surface area contributed by atoms with E-state index < -0.39 is 0 Å². The van der Waals surface area contributed by atoms with Crippen LogP contribution in [0.15, 0.2) is 30.9 Å². The molecule has 0 radical (unpaired) electrons. The van der Waals surface area contributed by atoms with E-state index >= 15 is 0 Å². The third-order valence-corrected chi connectivity index (χ3v) is 4.31. The van der Waals surface area contributed by atoms with E-state index in [4.69, 9.17) is 0 Å². The molecule has 0 unspecified atom stereocenters. The smallest absolute Gasteiger partial charge is 0.0862 e. The average Bonchev–Trinajstić information content (AvgIpc) is 3.13. The fourth-order valence-corrected chi connectivity index (χ4v) is 3.24. The highest BCUT2D eigenvalue weighted by Crippen LogP contribution is 2.19. The van der Waals surface area contributed by atoms with E-state index in [0.29, 0.717) is 19.1 Å². The predicted octanol–water partition coefficient (Wildman–Crippen LogP) is 1.30. The van der Waals surface area contributed by atoms with Crippen LogP contribution in [0, 0.1) is 6.92 Å². The molecular formula is C16H25N5O. The fourth-order valence-electron chi connectivity index (χ4n) is 3.24. The molecule has 0 spiro atoms. The van der Waals surface area contributed by atoms with Gasteiger partial charge in [0.05, 0.1) is 25.4 Å². The summed E-state index contributed by atoms with van der Waals surface area (Å²) >= 11 is 0. The number of aromatic nitrogens is 4. The van der Waals surface area contributed by atoms with E-state index in [1.54, 1.807) is 10.9 Å². The molecule has 0 aromatic carbocycles. The lowest BCUT2D eigenvalue weighted by molar-refractivity contribution is 0.0496. The first-order valence-electron chi connectivity index (χ1n) is 8.09. The first kappa shape index (κ1) is 15.2. The molecule has 2 aromatic heterocycles. The van der Waals surface area contributed by atoms with Crippen molar-refractivity contribution in [2.24, 2.45) is 0 Å². The number of aliphatic hydroxyl groups excluding tert-OH is 1. The van der Waals surface area contributed by atoms with Crippen LogP contribution in [0.2, 0.25) is 0 Å². The van der Waals surface area contributed by atoms with Crippen LogP contribution in [-0.2, 0) is 13.1 Å². The minimum atomic E-state index is -0.389. The van der Waals surface area contributed by atoms with E-state index in [1.165, 1.54) is 24.8 Å². The number of hydrogen-bond acceptors (Lipinski definition) is 4. The molecule has 1 saturated heterocycles. The van der Waals surface area contributed by atoms with Gasteiger partial charge in [-0.2, -0.15) is 10.2 Å². The standard InChI is InChI=1S/C16H25N5O/c1-14-9-18-21(10-14)11-15-5-2-3-7-19(15)12-16(22)13-20-8-4-6-17-20/h4,6,8-10,15-16,22H,2-3,5,7,11-13H2,1H3/t15-,16+/m1/s1. The van der Waals surface area contributed by atoms with Gasteiger partial charge in [0, 0.05) is 31.2 Å². The zero-order valence-electron chi connectivity index (χ0n) is 13.2. The number of aliphatic hydroxyl groups is 1. The van der Waals surface area contributed by atoms with E-state index in [-0.39, 0.29) is 6.10 Å². The van der Waals surface area contributed by atoms with Crippen LogP contribution in [0.4, 0.5) is 0 Å². The molecule has 0 aliphatic carbocycles. The molecule has 3 rings (SSSR count). The molecule has 1 fully saturated rings. The van der Waals surface area contributed by atoms with E-state index in [9.17, 15) is 5.11 Å². The Bertz CT molecular complexity index is 565. The van der Waals surface area contributed by atoms with Gasteiger partial charge in [-0.3, -0.25) is 14.3 Å². The Morgan fingerprint density at radius 2 is 2.18 bits per heavy atom. The van der Waals surface area contributed by atoms with Gasteiger partial charge in [-0.05, 0) is 37.9 Å². The molecule has 2 atom stereocenters. The van der Waals surface area contributed by atoms with Crippen molar-refractivity contribution in [1.29, 1.82) is 0 Å². The topological polar surface area (TPSA) is 59.1 Å².